The highest BCUT2D eigenvalue weighted by Crippen LogP contribution is 2.30. The Morgan fingerprint density at radius 2 is 2.00 bits per heavy atom. The monoisotopic (exact) mass is 482 g/mol. The van der Waals surface area contributed by atoms with Gasteiger partial charge in [-0.05, 0) is 24.3 Å². The number of hydrogen-bond acceptors (Lipinski definition) is 7. The van der Waals surface area contributed by atoms with Gasteiger partial charge in [0, 0.05) is 35.8 Å². The number of nitrogens with one attached hydrogen (secondary N) is 2. The van der Waals surface area contributed by atoms with E-state index >= 15 is 4.39 Å². The van der Waals surface area contributed by atoms with E-state index < -0.39 is 5.82 Å². The number of carbonyl (C=O) groups is 1. The van der Waals surface area contributed by atoms with E-state index in [-0.39, 0.29) is 23.1 Å². The van der Waals surface area contributed by atoms with Crippen LogP contribution in [0, 0.1) is 5.82 Å². The maximum absolute atomic E-state index is 16.0. The molecule has 0 spiro atoms. The van der Waals surface area contributed by atoms with Gasteiger partial charge in [-0.3, -0.25) is 24.4 Å². The third-order valence-corrected chi connectivity index (χ3v) is 7.12. The third kappa shape index (κ3) is 2.85. The van der Waals surface area contributed by atoms with Crippen molar-refractivity contribution in [3.63, 3.8) is 0 Å². The third-order valence-electron chi connectivity index (χ3n) is 6.04. The lowest BCUT2D eigenvalue weighted by Gasteiger charge is -2.06. The van der Waals surface area contributed by atoms with Gasteiger partial charge in [0.2, 0.25) is 5.91 Å². The van der Waals surface area contributed by atoms with E-state index in [0.29, 0.717) is 43.6 Å². The van der Waals surface area contributed by atoms with Crippen molar-refractivity contribution in [2.24, 2.45) is 0 Å². The molecule has 170 valence electrons. The van der Waals surface area contributed by atoms with Gasteiger partial charge in [-0.15, -0.1) is 11.3 Å². The largest absolute Gasteiger partial charge is 0.336 e. The fourth-order valence-electron chi connectivity index (χ4n) is 4.38. The summed E-state index contributed by atoms with van der Waals surface area (Å²) in [6.07, 6.45) is 6.56. The number of fused-ring (bicyclic) bond motifs is 9. The summed E-state index contributed by atoms with van der Waals surface area (Å²) in [6, 6.07) is 7.36. The number of imidazole rings is 1. The predicted molar refractivity (Wildman–Crippen MR) is 134 cm³/mol. The molecule has 7 aromatic rings. The number of thiophene rings is 1. The van der Waals surface area contributed by atoms with E-state index in [4.69, 9.17) is 4.98 Å². The number of aromatic amines is 2. The van der Waals surface area contributed by atoms with Crippen LogP contribution in [-0.4, -0.2) is 45.6 Å². The lowest BCUT2D eigenvalue weighted by Crippen LogP contribution is -2.09. The molecule has 9 nitrogen and oxygen atoms in total. The Hall–Kier alpha value is -4.51. The Balaban J connectivity index is 1.82. The van der Waals surface area contributed by atoms with Crippen LogP contribution in [-0.2, 0) is 0 Å². The van der Waals surface area contributed by atoms with Gasteiger partial charge in [-0.2, -0.15) is 5.10 Å². The molecule has 0 amide bonds. The molecule has 11 heteroatoms. The highest BCUT2D eigenvalue weighted by atomic mass is 32.1. The van der Waals surface area contributed by atoms with Crippen LogP contribution in [0.4, 0.5) is 4.39 Å². The van der Waals surface area contributed by atoms with Crippen LogP contribution in [0.3, 0.4) is 0 Å². The van der Waals surface area contributed by atoms with Crippen molar-refractivity contribution in [3.8, 4) is 0 Å². The first kappa shape index (κ1) is 19.9. The summed E-state index contributed by atoms with van der Waals surface area (Å²) >= 11 is 1.42. The van der Waals surface area contributed by atoms with Gasteiger partial charge in [0.15, 0.2) is 11.3 Å². The van der Waals surface area contributed by atoms with Gasteiger partial charge in [0.1, 0.15) is 27.2 Å². The van der Waals surface area contributed by atoms with Crippen molar-refractivity contribution < 1.29 is 9.18 Å². The molecule has 7 heterocycles. The fraction of sp³-hybridized carbons (Fsp3) is 0.0833. The summed E-state index contributed by atoms with van der Waals surface area (Å²) in [5.74, 6) is -0.612. The van der Waals surface area contributed by atoms with Gasteiger partial charge in [-0.25, -0.2) is 14.4 Å². The summed E-state index contributed by atoms with van der Waals surface area (Å²) in [5, 5.41) is 8.08. The minimum atomic E-state index is -0.502. The first-order chi connectivity index (χ1) is 17.1. The molecular weight excluding hydrogens is 467 g/mol. The molecule has 2 N–H and O–H groups in total. The zero-order valence-electron chi connectivity index (χ0n) is 18.2. The smallest absolute Gasteiger partial charge is 0.231 e. The van der Waals surface area contributed by atoms with Crippen molar-refractivity contribution in [3.05, 3.63) is 54.9 Å². The second-order valence-corrected chi connectivity index (χ2v) is 9.14. The van der Waals surface area contributed by atoms with Gasteiger partial charge < -0.3 is 4.98 Å². The first-order valence-electron chi connectivity index (χ1n) is 10.9. The number of hydrogen-bond donors (Lipinski definition) is 2. The molecule has 0 aliphatic carbocycles. The van der Waals surface area contributed by atoms with Crippen molar-refractivity contribution in [1.29, 1.82) is 0 Å². The van der Waals surface area contributed by atoms with Crippen molar-refractivity contribution in [2.45, 2.75) is 13.3 Å². The van der Waals surface area contributed by atoms with Gasteiger partial charge in [0.25, 0.3) is 0 Å². The number of carbonyl (C=O) groups excluding carboxylic acids is 1. The van der Waals surface area contributed by atoms with Crippen LogP contribution in [0.1, 0.15) is 18.1 Å². The van der Waals surface area contributed by atoms with Crippen molar-refractivity contribution >= 4 is 81.8 Å². The minimum absolute atomic E-state index is 0.110. The molecule has 8 bridgehead atoms. The zero-order valence-corrected chi connectivity index (χ0v) is 19.0. The standard InChI is InChI=1S/C24H15FN8OS/c1-2-16(34)33-12-7-11(8-26-9-12)13-10-28-23-18(19(13)25)22(31-32-23)24-29-14-5-6-27-21(20(14)30-24)15-3-4-17(33)35-15/h3-10H,2H2,1H3,(H,29,30)(H,28,31,32). The van der Waals surface area contributed by atoms with Crippen LogP contribution in [0.15, 0.2) is 49.1 Å². The van der Waals surface area contributed by atoms with E-state index in [9.17, 15) is 4.79 Å². The van der Waals surface area contributed by atoms with Crippen LogP contribution in [0.2, 0.25) is 0 Å². The SMILES string of the molecule is CCC(=O)n1c2cncc(c2)c2cnc3[nH]nc(c4nc5c(ccnc5c5ccc1s5)[nH]4)c3c2F. The number of nitrogens with zero attached hydrogens (tertiary/aromatic N) is 6. The van der Waals surface area contributed by atoms with Crippen LogP contribution >= 0.6 is 11.3 Å². The van der Waals surface area contributed by atoms with Crippen molar-refractivity contribution in [2.75, 3.05) is 0 Å². The molecule has 0 aliphatic rings. The molecule has 7 rings (SSSR count). The lowest BCUT2D eigenvalue weighted by molar-refractivity contribution is 0.0918. The fourth-order valence-corrected chi connectivity index (χ4v) is 5.42. The number of pyridine rings is 3. The molecule has 0 aromatic carbocycles. The van der Waals surface area contributed by atoms with Crippen LogP contribution in [0.5, 0.6) is 0 Å². The quantitative estimate of drug-likeness (QED) is 0.323. The maximum Gasteiger partial charge on any atom is 0.231 e. The highest BCUT2D eigenvalue weighted by Gasteiger charge is 2.16. The molecule has 7 aromatic heterocycles. The maximum atomic E-state index is 16.0. The first-order valence-corrected chi connectivity index (χ1v) is 11.7. The Kier molecular flexibility index (Phi) is 4.12. The second kappa shape index (κ2) is 7.24. The summed E-state index contributed by atoms with van der Waals surface area (Å²) in [5.41, 5.74) is 3.59. The molecule has 0 saturated carbocycles. The lowest BCUT2D eigenvalue weighted by atomic mass is 10.2. The molecule has 0 radical (unpaired) electrons. The molecular formula is C24H15FN8OS. The van der Waals surface area contributed by atoms with Crippen LogP contribution < -0.4 is 0 Å². The summed E-state index contributed by atoms with van der Waals surface area (Å²) in [6.45, 7) is 1.80. The molecule has 0 saturated heterocycles. The number of H-pyrrole nitrogens is 2. The van der Waals surface area contributed by atoms with E-state index in [1.165, 1.54) is 17.5 Å². The average molecular weight is 483 g/mol. The molecule has 0 unspecified atom stereocenters. The second-order valence-electron chi connectivity index (χ2n) is 8.08. The molecule has 0 fully saturated rings. The zero-order chi connectivity index (χ0) is 23.7. The van der Waals surface area contributed by atoms with Crippen LogP contribution in [0.25, 0.3) is 64.6 Å². The summed E-state index contributed by atoms with van der Waals surface area (Å²) < 4.78 is 18.4. The normalized spacial score (nSPS) is 11.9. The number of aromatic nitrogens is 8. The molecule has 0 aliphatic heterocycles. The topological polar surface area (TPSA) is 118 Å². The summed E-state index contributed by atoms with van der Waals surface area (Å²) in [4.78, 5) is 35.0. The Bertz CT molecular complexity index is 2050. The van der Waals surface area contributed by atoms with E-state index in [0.717, 1.165) is 10.2 Å². The average Bonchev–Trinajstić information content (AvgIpc) is 3.62. The van der Waals surface area contributed by atoms with Gasteiger partial charge in [0.05, 0.1) is 27.3 Å². The van der Waals surface area contributed by atoms with E-state index in [1.54, 1.807) is 36.1 Å². The summed E-state index contributed by atoms with van der Waals surface area (Å²) in [7, 11) is 0. The van der Waals surface area contributed by atoms with Gasteiger partial charge >= 0.3 is 0 Å². The molecule has 0 atom stereocenters. The highest BCUT2D eigenvalue weighted by molar-refractivity contribution is 7.24. The number of halogens is 1. The van der Waals surface area contributed by atoms with Gasteiger partial charge in [-0.1, -0.05) is 6.92 Å². The predicted octanol–water partition coefficient (Wildman–Crippen LogP) is 5.41. The Labute approximate surface area is 199 Å². The Morgan fingerprint density at radius 1 is 1.09 bits per heavy atom. The van der Waals surface area contributed by atoms with E-state index in [2.05, 4.69) is 30.1 Å². The number of rotatable bonds is 1. The van der Waals surface area contributed by atoms with Crippen molar-refractivity contribution in [1.82, 2.24) is 39.7 Å². The molecule has 35 heavy (non-hydrogen) atoms. The Morgan fingerprint density at radius 3 is 2.89 bits per heavy atom. The van der Waals surface area contributed by atoms with E-state index in [1.807, 2.05) is 18.2 Å². The minimum Gasteiger partial charge on any atom is -0.336 e.